The van der Waals surface area contributed by atoms with Crippen molar-refractivity contribution < 1.29 is 4.39 Å². The van der Waals surface area contributed by atoms with Gasteiger partial charge in [-0.15, -0.1) is 0 Å². The van der Waals surface area contributed by atoms with Gasteiger partial charge in [-0.1, -0.05) is 84.4 Å². The van der Waals surface area contributed by atoms with Crippen molar-refractivity contribution in [1.29, 1.82) is 0 Å². The molecule has 4 aromatic rings. The van der Waals surface area contributed by atoms with Crippen LogP contribution < -0.4 is 15.9 Å². The van der Waals surface area contributed by atoms with Gasteiger partial charge in [0.2, 0.25) is 10.7 Å². The average Bonchev–Trinajstić information content (AvgIpc) is 2.86. The minimum Gasteiger partial charge on any atom is -0.196 e. The van der Waals surface area contributed by atoms with E-state index in [2.05, 4.69) is 41.4 Å². The van der Waals surface area contributed by atoms with Crippen LogP contribution in [-0.4, -0.2) is 5.45 Å². The Morgan fingerprint density at radius 3 is 1.25 bits per heavy atom. The highest BCUT2D eigenvalue weighted by molar-refractivity contribution is 8.09. The molecule has 32 heavy (non-hydrogen) atoms. The number of benzene rings is 4. The van der Waals surface area contributed by atoms with E-state index in [0.29, 0.717) is 5.45 Å². The molecular weight excluding hydrogens is 459 g/mol. The van der Waals surface area contributed by atoms with Gasteiger partial charge >= 0.3 is 0 Å². The number of hydrogen-bond donors (Lipinski definition) is 0. The molecule has 0 heterocycles. The van der Waals surface area contributed by atoms with E-state index in [0.717, 1.165) is 21.5 Å². The van der Waals surface area contributed by atoms with Crippen LogP contribution in [0.1, 0.15) is 5.56 Å². The first kappa shape index (κ1) is 22.4. The Morgan fingerprint density at radius 1 is 0.562 bits per heavy atom. The first-order valence-electron chi connectivity index (χ1n) is 10.1. The van der Waals surface area contributed by atoms with E-state index in [9.17, 15) is 4.39 Å². The van der Waals surface area contributed by atoms with Crippen molar-refractivity contribution >= 4 is 51.8 Å². The molecule has 0 amide bonds. The highest BCUT2D eigenvalue weighted by Crippen LogP contribution is 2.58. The van der Waals surface area contributed by atoms with Crippen LogP contribution in [0.3, 0.4) is 0 Å². The molecule has 5 heteroatoms. The van der Waals surface area contributed by atoms with Crippen molar-refractivity contribution in [2.75, 3.05) is 0 Å². The largest absolute Gasteiger partial charge is 0.226 e. The Morgan fingerprint density at radius 2 is 0.906 bits per heavy atom. The molecule has 1 nitrogen and oxygen atoms in total. The first-order valence-corrected chi connectivity index (χ1v) is 12.6. The summed E-state index contributed by atoms with van der Waals surface area (Å²) in [6.45, 7) is 0. The van der Waals surface area contributed by atoms with E-state index < -0.39 is 12.5 Å². The zero-order chi connectivity index (χ0) is 22.4. The Balaban J connectivity index is 2.21. The molecule has 0 fully saturated rings. The van der Waals surface area contributed by atoms with Crippen LogP contribution in [-0.2, 0) is 0 Å². The molecule has 4 aromatic carbocycles. The maximum atomic E-state index is 14.0. The summed E-state index contributed by atoms with van der Waals surface area (Å²) in [5.74, 6) is 0. The van der Waals surface area contributed by atoms with Gasteiger partial charge in [-0.05, 0) is 60.1 Å². The van der Waals surface area contributed by atoms with Gasteiger partial charge < -0.3 is 0 Å². The van der Waals surface area contributed by atoms with Crippen molar-refractivity contribution in [1.82, 2.24) is 0 Å². The van der Waals surface area contributed by atoms with E-state index in [1.165, 1.54) is 0 Å². The molecule has 0 saturated heterocycles. The lowest BCUT2D eigenvalue weighted by Crippen LogP contribution is -2.37. The summed E-state index contributed by atoms with van der Waals surface area (Å²) >= 11 is 11.9. The number of rotatable bonds is 6. The van der Waals surface area contributed by atoms with Crippen LogP contribution >= 0.6 is 30.5 Å². The molecule has 0 aliphatic rings. The molecule has 0 aromatic heterocycles. The molecule has 0 radical (unpaired) electrons. The van der Waals surface area contributed by atoms with Crippen LogP contribution in [0.2, 0.25) is 0 Å². The molecule has 0 saturated carbocycles. The molecule has 0 aliphatic carbocycles. The third kappa shape index (κ3) is 4.40. The summed E-state index contributed by atoms with van der Waals surface area (Å²) in [5, 5.41) is 1.85. The summed E-state index contributed by atoms with van der Waals surface area (Å²) in [6.07, 6.45) is 0. The molecule has 0 bridgehead atoms. The SMILES string of the molecule is F/C(Cl)=C(Cl)\N=C(/c1ccccc1)[P+](c1ccccc1)(c1ccccc1)c1ccccc1. The van der Waals surface area contributed by atoms with E-state index in [-0.39, 0.29) is 5.16 Å². The van der Waals surface area contributed by atoms with E-state index in [4.69, 9.17) is 23.2 Å². The summed E-state index contributed by atoms with van der Waals surface area (Å²) in [5.41, 5.74) is 1.54. The van der Waals surface area contributed by atoms with Crippen molar-refractivity contribution in [2.24, 2.45) is 4.99 Å². The molecular formula is C27H20Cl2FNP+. The van der Waals surface area contributed by atoms with E-state index in [1.807, 2.05) is 84.9 Å². The fourth-order valence-electron chi connectivity index (χ4n) is 3.82. The summed E-state index contributed by atoms with van der Waals surface area (Å²) in [7, 11) is -2.57. The lowest BCUT2D eigenvalue weighted by atomic mass is 10.2. The van der Waals surface area contributed by atoms with Crippen LogP contribution in [0.25, 0.3) is 0 Å². The minimum atomic E-state index is -2.57. The Labute approximate surface area is 198 Å². The second-order valence-corrected chi connectivity index (χ2v) is 11.0. The predicted octanol–water partition coefficient (Wildman–Crippen LogP) is 7.00. The van der Waals surface area contributed by atoms with Gasteiger partial charge in [-0.25, -0.2) is 0 Å². The molecule has 4 rings (SSSR count). The maximum Gasteiger partial charge on any atom is 0.226 e. The number of hydrogen-bond acceptors (Lipinski definition) is 1. The lowest BCUT2D eigenvalue weighted by Gasteiger charge is -2.28. The number of aliphatic imine (C=N–C) groups is 1. The van der Waals surface area contributed by atoms with Crippen molar-refractivity contribution in [3.05, 3.63) is 137 Å². The lowest BCUT2D eigenvalue weighted by molar-refractivity contribution is 0.688. The highest BCUT2D eigenvalue weighted by atomic mass is 35.5. The minimum absolute atomic E-state index is 0.363. The Hall–Kier alpha value is -2.77. The molecule has 0 spiro atoms. The fourth-order valence-corrected chi connectivity index (χ4v) is 8.28. The molecule has 0 N–H and O–H groups in total. The highest BCUT2D eigenvalue weighted by Gasteiger charge is 2.51. The third-order valence-electron chi connectivity index (χ3n) is 5.14. The Bertz CT molecular complexity index is 1130. The third-order valence-corrected chi connectivity index (χ3v) is 9.88. The van der Waals surface area contributed by atoms with Gasteiger partial charge in [0.25, 0.3) is 0 Å². The van der Waals surface area contributed by atoms with Crippen molar-refractivity contribution in [3.63, 3.8) is 0 Å². The van der Waals surface area contributed by atoms with Crippen LogP contribution in [0, 0.1) is 0 Å². The van der Waals surface area contributed by atoms with E-state index >= 15 is 0 Å². The van der Waals surface area contributed by atoms with Gasteiger partial charge in [-0.2, -0.15) is 9.38 Å². The van der Waals surface area contributed by atoms with Gasteiger partial charge in [0.05, 0.1) is 0 Å². The summed E-state index contributed by atoms with van der Waals surface area (Å²) < 4.78 is 14.0. The zero-order valence-electron chi connectivity index (χ0n) is 17.1. The van der Waals surface area contributed by atoms with Crippen molar-refractivity contribution in [3.8, 4) is 0 Å². The van der Waals surface area contributed by atoms with Crippen LogP contribution in [0.5, 0.6) is 0 Å². The van der Waals surface area contributed by atoms with Crippen molar-refractivity contribution in [2.45, 2.75) is 0 Å². The molecule has 158 valence electrons. The van der Waals surface area contributed by atoms with Crippen LogP contribution in [0.4, 0.5) is 4.39 Å². The topological polar surface area (TPSA) is 12.4 Å². The second kappa shape index (κ2) is 10.2. The predicted molar refractivity (Wildman–Crippen MR) is 138 cm³/mol. The van der Waals surface area contributed by atoms with Gasteiger partial charge in [-0.3, -0.25) is 0 Å². The zero-order valence-corrected chi connectivity index (χ0v) is 19.5. The van der Waals surface area contributed by atoms with Gasteiger partial charge in [0, 0.05) is 5.56 Å². The monoisotopic (exact) mass is 478 g/mol. The van der Waals surface area contributed by atoms with Crippen LogP contribution in [0.15, 0.2) is 137 Å². The first-order chi connectivity index (χ1) is 15.6. The Kier molecular flexibility index (Phi) is 7.17. The average molecular weight is 479 g/mol. The molecule has 0 aliphatic heterocycles. The standard InChI is InChI=1S/C27H20Cl2FNP/c28-25(30)26(29)31-27(21-13-5-1-6-14-21)32(22-15-7-2-8-16-22,23-17-9-3-10-18-23)24-19-11-4-12-20-24/h1-20H/q+1/b26-25-,31-27+. The summed E-state index contributed by atoms with van der Waals surface area (Å²) in [6, 6.07) is 40.4. The van der Waals surface area contributed by atoms with E-state index in [1.54, 1.807) is 0 Å². The maximum absolute atomic E-state index is 14.0. The smallest absolute Gasteiger partial charge is 0.196 e. The number of halogens is 3. The molecule has 0 unspecified atom stereocenters. The van der Waals surface area contributed by atoms with Gasteiger partial charge in [0.15, 0.2) is 12.4 Å². The second-order valence-electron chi connectivity index (χ2n) is 7.03. The fraction of sp³-hybridized carbons (Fsp3) is 0. The molecule has 0 atom stereocenters. The normalized spacial score (nSPS) is 12.9. The quantitative estimate of drug-likeness (QED) is 0.160. The number of nitrogens with zero attached hydrogens (tertiary/aromatic N) is 1. The summed E-state index contributed by atoms with van der Waals surface area (Å²) in [4.78, 5) is 4.65. The van der Waals surface area contributed by atoms with Gasteiger partial charge in [0.1, 0.15) is 15.9 Å².